The van der Waals surface area contributed by atoms with Crippen LogP contribution in [0.15, 0.2) is 36.4 Å². The highest BCUT2D eigenvalue weighted by molar-refractivity contribution is 6.37. The van der Waals surface area contributed by atoms with Gasteiger partial charge in [0.2, 0.25) is 0 Å². The second kappa shape index (κ2) is 7.82. The fraction of sp³-hybridized carbons (Fsp3) is 0.0588. The molecule has 2 aromatic rings. The van der Waals surface area contributed by atoms with Gasteiger partial charge in [0.05, 0.1) is 21.7 Å². The van der Waals surface area contributed by atoms with Crippen molar-refractivity contribution in [3.8, 4) is 11.8 Å². The molecule has 0 bridgehead atoms. The number of ether oxygens (including phenoxy) is 1. The molecule has 0 saturated heterocycles. The summed E-state index contributed by atoms with van der Waals surface area (Å²) in [5.41, 5.74) is 1.13. The maximum absolute atomic E-state index is 13.3. The summed E-state index contributed by atoms with van der Waals surface area (Å²) in [4.78, 5) is 10.5. The number of nitrogens with zero attached hydrogens (tertiary/aromatic N) is 1. The Morgan fingerprint density at radius 2 is 1.96 bits per heavy atom. The van der Waals surface area contributed by atoms with Crippen LogP contribution < -0.4 is 4.74 Å². The van der Waals surface area contributed by atoms with Gasteiger partial charge in [0.25, 0.3) is 0 Å². The molecule has 0 heterocycles. The number of carbonyl (C=O) groups is 1. The Kier molecular flexibility index (Phi) is 5.80. The fourth-order valence-corrected chi connectivity index (χ4v) is 2.55. The van der Waals surface area contributed by atoms with E-state index in [9.17, 15) is 14.4 Å². The highest BCUT2D eigenvalue weighted by Gasteiger charge is 2.12. The number of aliphatic carboxylic acids is 1. The van der Waals surface area contributed by atoms with E-state index in [2.05, 4.69) is 0 Å². The van der Waals surface area contributed by atoms with E-state index in [1.807, 2.05) is 6.07 Å². The highest BCUT2D eigenvalue weighted by atomic mass is 35.5. The predicted octanol–water partition coefficient (Wildman–Crippen LogP) is 4.66. The van der Waals surface area contributed by atoms with Crippen molar-refractivity contribution in [3.05, 3.63) is 63.4 Å². The zero-order valence-electron chi connectivity index (χ0n) is 12.1. The fourth-order valence-electron chi connectivity index (χ4n) is 1.94. The number of hydrogen-bond acceptors (Lipinski definition) is 3. The van der Waals surface area contributed by atoms with E-state index in [4.69, 9.17) is 33.0 Å². The van der Waals surface area contributed by atoms with Crippen LogP contribution in [0.4, 0.5) is 4.39 Å². The lowest BCUT2D eigenvalue weighted by atomic mass is 10.0. The van der Waals surface area contributed by atoms with E-state index in [0.29, 0.717) is 11.1 Å². The average molecular weight is 366 g/mol. The van der Waals surface area contributed by atoms with Gasteiger partial charge in [0, 0.05) is 0 Å². The molecule has 24 heavy (non-hydrogen) atoms. The quantitative estimate of drug-likeness (QED) is 0.617. The summed E-state index contributed by atoms with van der Waals surface area (Å²) < 4.78 is 18.3. The average Bonchev–Trinajstić information content (AvgIpc) is 2.51. The monoisotopic (exact) mass is 365 g/mol. The second-order valence-corrected chi connectivity index (χ2v) is 5.49. The van der Waals surface area contributed by atoms with E-state index in [-0.39, 0.29) is 21.4 Å². The molecule has 0 amide bonds. The normalized spacial score (nSPS) is 11.0. The van der Waals surface area contributed by atoms with Crippen LogP contribution in [0.25, 0.3) is 11.6 Å². The minimum Gasteiger partial charge on any atom is -0.479 e. The van der Waals surface area contributed by atoms with Crippen LogP contribution in [0, 0.1) is 17.1 Å². The number of carboxylic acid groups (broad SMARTS) is 1. The van der Waals surface area contributed by atoms with Crippen molar-refractivity contribution in [1.82, 2.24) is 0 Å². The molecule has 1 N–H and O–H groups in total. The van der Waals surface area contributed by atoms with E-state index >= 15 is 0 Å². The van der Waals surface area contributed by atoms with Gasteiger partial charge >= 0.3 is 5.97 Å². The Balaban J connectivity index is 2.38. The van der Waals surface area contributed by atoms with E-state index in [1.165, 1.54) is 36.4 Å². The Bertz CT molecular complexity index is 836. The summed E-state index contributed by atoms with van der Waals surface area (Å²) in [7, 11) is 0. The van der Waals surface area contributed by atoms with Gasteiger partial charge in [-0.25, -0.2) is 9.18 Å². The molecule has 2 rings (SSSR count). The SMILES string of the molecule is N#CC(=Cc1cc(Cl)c(OCC(=O)O)c(Cl)c1)c1cccc(F)c1. The molecular weight excluding hydrogens is 356 g/mol. The molecule has 2 aromatic carbocycles. The van der Waals surface area contributed by atoms with Gasteiger partial charge < -0.3 is 9.84 Å². The zero-order chi connectivity index (χ0) is 17.7. The van der Waals surface area contributed by atoms with Gasteiger partial charge in [-0.05, 0) is 41.5 Å². The molecule has 122 valence electrons. The number of benzene rings is 2. The maximum Gasteiger partial charge on any atom is 0.341 e. The van der Waals surface area contributed by atoms with Crippen molar-refractivity contribution in [2.45, 2.75) is 0 Å². The molecule has 0 saturated carbocycles. The lowest BCUT2D eigenvalue weighted by Gasteiger charge is -2.09. The van der Waals surface area contributed by atoms with E-state index in [0.717, 1.165) is 0 Å². The van der Waals surface area contributed by atoms with E-state index in [1.54, 1.807) is 6.07 Å². The number of allylic oxidation sites excluding steroid dienone is 1. The first kappa shape index (κ1) is 17.8. The smallest absolute Gasteiger partial charge is 0.341 e. The second-order valence-electron chi connectivity index (χ2n) is 4.68. The summed E-state index contributed by atoms with van der Waals surface area (Å²) in [5, 5.41) is 18.1. The Morgan fingerprint density at radius 1 is 1.29 bits per heavy atom. The summed E-state index contributed by atoms with van der Waals surface area (Å²) in [6.45, 7) is -0.582. The van der Waals surface area contributed by atoms with Gasteiger partial charge in [-0.15, -0.1) is 0 Å². The largest absolute Gasteiger partial charge is 0.479 e. The van der Waals surface area contributed by atoms with Crippen LogP contribution in [0.3, 0.4) is 0 Å². The lowest BCUT2D eigenvalue weighted by molar-refractivity contribution is -0.139. The van der Waals surface area contributed by atoms with Gasteiger partial charge in [-0.2, -0.15) is 5.26 Å². The first-order chi connectivity index (χ1) is 11.4. The summed E-state index contributed by atoms with van der Waals surface area (Å²) >= 11 is 12.1. The van der Waals surface area contributed by atoms with Gasteiger partial charge in [0.1, 0.15) is 5.82 Å². The van der Waals surface area contributed by atoms with Gasteiger partial charge in [-0.3, -0.25) is 0 Å². The van der Waals surface area contributed by atoms with Crippen molar-refractivity contribution in [1.29, 1.82) is 5.26 Å². The van der Waals surface area contributed by atoms with Crippen molar-refractivity contribution in [2.24, 2.45) is 0 Å². The van der Waals surface area contributed by atoms with Crippen molar-refractivity contribution < 1.29 is 19.0 Å². The molecule has 0 unspecified atom stereocenters. The summed E-state index contributed by atoms with van der Waals surface area (Å²) in [6, 6.07) is 10.6. The predicted molar refractivity (Wildman–Crippen MR) is 89.5 cm³/mol. The van der Waals surface area contributed by atoms with Gasteiger partial charge in [0.15, 0.2) is 12.4 Å². The topological polar surface area (TPSA) is 70.3 Å². The van der Waals surface area contributed by atoms with Crippen molar-refractivity contribution >= 4 is 40.8 Å². The van der Waals surface area contributed by atoms with Crippen LogP contribution in [-0.2, 0) is 4.79 Å². The lowest BCUT2D eigenvalue weighted by Crippen LogP contribution is -2.10. The molecule has 0 radical (unpaired) electrons. The molecule has 7 heteroatoms. The molecule has 0 aliphatic heterocycles. The number of hydrogen-bond donors (Lipinski definition) is 1. The van der Waals surface area contributed by atoms with Crippen LogP contribution in [0.2, 0.25) is 10.0 Å². The van der Waals surface area contributed by atoms with Crippen molar-refractivity contribution in [2.75, 3.05) is 6.61 Å². The molecule has 0 atom stereocenters. The number of carboxylic acids is 1. The third-order valence-electron chi connectivity index (χ3n) is 2.93. The molecule has 0 spiro atoms. The maximum atomic E-state index is 13.3. The van der Waals surface area contributed by atoms with Crippen LogP contribution in [0.1, 0.15) is 11.1 Å². The van der Waals surface area contributed by atoms with Crippen LogP contribution in [0.5, 0.6) is 5.75 Å². The van der Waals surface area contributed by atoms with Gasteiger partial charge in [-0.1, -0.05) is 35.3 Å². The highest BCUT2D eigenvalue weighted by Crippen LogP contribution is 2.35. The standard InChI is InChI=1S/C17H10Cl2FNO3/c18-14-5-10(6-15(19)17(14)24-9-16(22)23)4-12(8-21)11-2-1-3-13(20)7-11/h1-7H,9H2,(H,22,23). The third kappa shape index (κ3) is 4.48. The minimum absolute atomic E-state index is 0.0437. The Morgan fingerprint density at radius 3 is 2.50 bits per heavy atom. The van der Waals surface area contributed by atoms with Crippen molar-refractivity contribution in [3.63, 3.8) is 0 Å². The summed E-state index contributed by atoms with van der Waals surface area (Å²) in [6.07, 6.45) is 1.49. The number of halogens is 3. The molecule has 0 aliphatic rings. The molecule has 0 aromatic heterocycles. The third-order valence-corrected chi connectivity index (χ3v) is 3.49. The molecule has 4 nitrogen and oxygen atoms in total. The molecule has 0 fully saturated rings. The van der Waals surface area contributed by atoms with E-state index < -0.39 is 18.4 Å². The first-order valence-corrected chi connectivity index (χ1v) is 7.37. The first-order valence-electron chi connectivity index (χ1n) is 6.62. The molecule has 0 aliphatic carbocycles. The number of nitriles is 1. The van der Waals surface area contributed by atoms with Crippen LogP contribution in [-0.4, -0.2) is 17.7 Å². The zero-order valence-corrected chi connectivity index (χ0v) is 13.6. The van der Waals surface area contributed by atoms with Crippen LogP contribution >= 0.6 is 23.2 Å². The number of rotatable bonds is 5. The molecular formula is C17H10Cl2FNO3. The summed E-state index contributed by atoms with van der Waals surface area (Å²) in [5.74, 6) is -1.58. The Hall–Kier alpha value is -2.55. The Labute approximate surface area is 147 Å². The minimum atomic E-state index is -1.16.